The Morgan fingerprint density at radius 1 is 1.38 bits per heavy atom. The van der Waals surface area contributed by atoms with Crippen molar-refractivity contribution in [3.63, 3.8) is 0 Å². The van der Waals surface area contributed by atoms with E-state index in [1.165, 1.54) is 0 Å². The van der Waals surface area contributed by atoms with Gasteiger partial charge in [0.05, 0.1) is 18.5 Å². The van der Waals surface area contributed by atoms with E-state index in [1.54, 1.807) is 11.8 Å². The van der Waals surface area contributed by atoms with Crippen LogP contribution >= 0.6 is 11.8 Å². The number of rotatable bonds is 2. The van der Waals surface area contributed by atoms with Crippen molar-refractivity contribution in [2.24, 2.45) is 0 Å². The highest BCUT2D eigenvalue weighted by molar-refractivity contribution is 8.00. The zero-order chi connectivity index (χ0) is 12.6. The third-order valence-electron chi connectivity index (χ3n) is 1.38. The fourth-order valence-corrected chi connectivity index (χ4v) is 1.71. The molecule has 1 fully saturated rings. The summed E-state index contributed by atoms with van der Waals surface area (Å²) in [6.07, 6.45) is 0. The Balaban J connectivity index is 0.000000325. The largest absolute Gasteiger partial charge is 0.543 e. The number of ether oxygens (including phenoxy) is 1. The Bertz CT molecular complexity index is 251. The molecule has 0 aromatic rings. The van der Waals surface area contributed by atoms with Gasteiger partial charge in [0.2, 0.25) is 0 Å². The van der Waals surface area contributed by atoms with E-state index >= 15 is 0 Å². The molecule has 1 heterocycles. The zero-order valence-electron chi connectivity index (χ0n) is 8.56. The van der Waals surface area contributed by atoms with Crippen LogP contribution in [0.4, 0.5) is 0 Å². The summed E-state index contributed by atoms with van der Waals surface area (Å²) in [5.74, 6) is -3.50. The van der Waals surface area contributed by atoms with Gasteiger partial charge in [0.1, 0.15) is 0 Å². The summed E-state index contributed by atoms with van der Waals surface area (Å²) in [6, 6.07) is 0. The van der Waals surface area contributed by atoms with Crippen molar-refractivity contribution in [2.75, 3.05) is 18.9 Å². The summed E-state index contributed by atoms with van der Waals surface area (Å²) < 4.78 is 4.80. The Labute approximate surface area is 96.2 Å². The molecule has 1 aliphatic rings. The van der Waals surface area contributed by atoms with Gasteiger partial charge >= 0.3 is 5.97 Å². The van der Waals surface area contributed by atoms with E-state index in [0.717, 1.165) is 12.3 Å². The van der Waals surface area contributed by atoms with Crippen LogP contribution in [0, 0.1) is 0 Å². The van der Waals surface area contributed by atoms with Crippen LogP contribution < -0.4 is 15.5 Å². The number of hydrogen-bond acceptors (Lipinski definition) is 8. The summed E-state index contributed by atoms with van der Waals surface area (Å²) in [6.45, 7) is 3.20. The number of carbonyl (C=O) groups excluding carboxylic acids is 3. The molecular weight excluding hydrogens is 238 g/mol. The maximum Gasteiger partial charge on any atom is 0.333 e. The molecule has 0 saturated carbocycles. The predicted molar refractivity (Wildman–Crippen MR) is 50.9 cm³/mol. The fourth-order valence-electron chi connectivity index (χ4n) is 0.795. The van der Waals surface area contributed by atoms with Crippen molar-refractivity contribution in [3.05, 3.63) is 0 Å². The Hall–Kier alpha value is -1.28. The number of carbonyl (C=O) groups is 3. The number of aliphatic carboxylic acids is 2. The van der Waals surface area contributed by atoms with Crippen molar-refractivity contribution in [1.29, 1.82) is 0 Å². The van der Waals surface area contributed by atoms with Crippen molar-refractivity contribution < 1.29 is 29.3 Å². The van der Waals surface area contributed by atoms with Gasteiger partial charge in [-0.1, -0.05) is 0 Å². The van der Waals surface area contributed by atoms with E-state index in [4.69, 9.17) is 24.5 Å². The number of nitrogens with one attached hydrogen (secondary N) is 1. The molecule has 0 aromatic heterocycles. The van der Waals surface area contributed by atoms with Crippen LogP contribution in [-0.2, 0) is 19.1 Å². The number of carboxylic acid groups (broad SMARTS) is 2. The molecule has 7 nitrogen and oxygen atoms in total. The van der Waals surface area contributed by atoms with Gasteiger partial charge in [-0.3, -0.25) is 5.32 Å². The molecule has 1 unspecified atom stereocenters. The highest BCUT2D eigenvalue weighted by Crippen LogP contribution is 2.14. The van der Waals surface area contributed by atoms with Gasteiger partial charge in [0.25, 0.3) is 0 Å². The summed E-state index contributed by atoms with van der Waals surface area (Å²) in [5.41, 5.74) is 0. The second-order valence-electron chi connectivity index (χ2n) is 2.53. The second-order valence-corrected chi connectivity index (χ2v) is 3.74. The van der Waals surface area contributed by atoms with E-state index in [0.29, 0.717) is 6.61 Å². The fraction of sp³-hybridized carbons (Fsp3) is 0.625. The molecule has 0 aromatic carbocycles. The minimum Gasteiger partial charge on any atom is -0.543 e. The quantitative estimate of drug-likeness (QED) is 0.399. The topological polar surface area (TPSA) is 119 Å². The number of esters is 1. The lowest BCUT2D eigenvalue weighted by atomic mass is 10.6. The number of thioether (sulfide) groups is 1. The molecule has 0 bridgehead atoms. The Morgan fingerprint density at radius 3 is 2.25 bits per heavy atom. The van der Waals surface area contributed by atoms with Crippen molar-refractivity contribution >= 4 is 29.7 Å². The smallest absolute Gasteiger partial charge is 0.333 e. The van der Waals surface area contributed by atoms with E-state index in [1.807, 2.05) is 6.92 Å². The third-order valence-corrected chi connectivity index (χ3v) is 2.52. The first-order valence-corrected chi connectivity index (χ1v) is 5.47. The Morgan fingerprint density at radius 2 is 1.94 bits per heavy atom. The molecule has 1 rings (SSSR count). The maximum atomic E-state index is 10.9. The van der Waals surface area contributed by atoms with Crippen molar-refractivity contribution in [1.82, 2.24) is 5.32 Å². The normalized spacial score (nSPS) is 18.2. The van der Waals surface area contributed by atoms with Crippen LogP contribution in [0.5, 0.6) is 0 Å². The number of hydrogen-bond donors (Lipinski definition) is 1. The van der Waals surface area contributed by atoms with Crippen molar-refractivity contribution in [2.45, 2.75) is 12.3 Å². The monoisotopic (exact) mass is 249 g/mol. The van der Waals surface area contributed by atoms with Gasteiger partial charge in [-0.2, -0.15) is 0 Å². The van der Waals surface area contributed by atoms with Crippen LogP contribution in [0.2, 0.25) is 0 Å². The van der Waals surface area contributed by atoms with Crippen LogP contribution in [0.1, 0.15) is 6.92 Å². The van der Waals surface area contributed by atoms with Crippen LogP contribution in [0.25, 0.3) is 0 Å². The second kappa shape index (κ2) is 7.94. The van der Waals surface area contributed by atoms with E-state index in [9.17, 15) is 4.79 Å². The first kappa shape index (κ1) is 14.7. The molecule has 16 heavy (non-hydrogen) atoms. The van der Waals surface area contributed by atoms with Gasteiger partial charge in [-0.15, -0.1) is 11.8 Å². The molecule has 0 amide bonds. The third kappa shape index (κ3) is 6.25. The average Bonchev–Trinajstić information content (AvgIpc) is 2.71. The minimum atomic E-state index is -2.19. The lowest BCUT2D eigenvalue weighted by molar-refractivity contribution is -0.345. The first-order valence-electron chi connectivity index (χ1n) is 4.43. The van der Waals surface area contributed by atoms with Crippen LogP contribution in [-0.4, -0.2) is 42.2 Å². The van der Waals surface area contributed by atoms with Crippen LogP contribution in [0.15, 0.2) is 0 Å². The van der Waals surface area contributed by atoms with Crippen LogP contribution in [0.3, 0.4) is 0 Å². The summed E-state index contributed by atoms with van der Waals surface area (Å²) in [4.78, 5) is 28.8. The molecule has 1 saturated heterocycles. The van der Waals surface area contributed by atoms with Gasteiger partial charge in [-0.05, 0) is 6.92 Å². The molecule has 1 atom stereocenters. The molecule has 1 aliphatic heterocycles. The molecular formula is C8H11NO6S-2. The molecule has 0 spiro atoms. The molecule has 0 radical (unpaired) electrons. The predicted octanol–water partition coefficient (Wildman–Crippen LogP) is -3.30. The number of carboxylic acids is 2. The van der Waals surface area contributed by atoms with Crippen molar-refractivity contribution in [3.8, 4) is 0 Å². The average molecular weight is 249 g/mol. The highest BCUT2D eigenvalue weighted by atomic mass is 32.2. The van der Waals surface area contributed by atoms with E-state index in [-0.39, 0.29) is 11.3 Å². The van der Waals surface area contributed by atoms with Gasteiger partial charge in [0.15, 0.2) is 5.37 Å². The molecule has 1 N–H and O–H groups in total. The van der Waals surface area contributed by atoms with E-state index in [2.05, 4.69) is 5.32 Å². The Kier molecular flexibility index (Phi) is 7.31. The van der Waals surface area contributed by atoms with E-state index < -0.39 is 11.9 Å². The van der Waals surface area contributed by atoms with Gasteiger partial charge in [0, 0.05) is 12.3 Å². The summed E-state index contributed by atoms with van der Waals surface area (Å²) in [5, 5.41) is 20.8. The standard InChI is InChI=1S/C6H11NO2S.C2H2O4/c1-2-9-6(8)5-7-3-4-10-5;3-1(4)2(5)6/h5,7H,2-4H2,1H3;(H,3,4)(H,5,6)/p-2. The zero-order valence-corrected chi connectivity index (χ0v) is 9.37. The highest BCUT2D eigenvalue weighted by Gasteiger charge is 2.23. The molecule has 92 valence electrons. The minimum absolute atomic E-state index is 0.111. The lowest BCUT2D eigenvalue weighted by Gasteiger charge is -2.06. The summed E-state index contributed by atoms with van der Waals surface area (Å²) >= 11 is 1.60. The molecule has 8 heteroatoms. The maximum absolute atomic E-state index is 10.9. The van der Waals surface area contributed by atoms with Gasteiger partial charge in [-0.25, -0.2) is 4.79 Å². The first-order chi connectivity index (χ1) is 7.49. The van der Waals surface area contributed by atoms with Gasteiger partial charge < -0.3 is 24.5 Å². The SMILES string of the molecule is CCOC(=O)C1NCCS1.O=C([O-])C(=O)[O-]. The molecule has 0 aliphatic carbocycles. The lowest BCUT2D eigenvalue weighted by Crippen LogP contribution is -2.42. The summed E-state index contributed by atoms with van der Waals surface area (Å²) in [7, 11) is 0.